The van der Waals surface area contributed by atoms with Crippen LogP contribution in [-0.2, 0) is 4.79 Å². The molecular weight excluding hydrogens is 296 g/mol. The van der Waals surface area contributed by atoms with E-state index in [2.05, 4.69) is 5.32 Å². The number of ether oxygens (including phenoxy) is 1. The first-order valence-electron chi connectivity index (χ1n) is 7.30. The molecule has 0 saturated carbocycles. The van der Waals surface area contributed by atoms with Crippen LogP contribution in [0, 0.1) is 10.1 Å². The molecule has 0 aromatic heterocycles. The molecule has 1 atom stereocenters. The number of carbonyl (C=O) groups excluding carboxylic acids is 1. The van der Waals surface area contributed by atoms with Gasteiger partial charge in [0, 0.05) is 12.1 Å². The number of hydrogen-bond donors (Lipinski definition) is 1. The number of nitro benzene ring substituents is 1. The summed E-state index contributed by atoms with van der Waals surface area (Å²) in [4.78, 5) is 22.6. The first-order valence-corrected chi connectivity index (χ1v) is 7.30. The summed E-state index contributed by atoms with van der Waals surface area (Å²) in [5, 5.41) is 13.5. The summed E-state index contributed by atoms with van der Waals surface area (Å²) in [6.45, 7) is 4.13. The van der Waals surface area contributed by atoms with E-state index in [9.17, 15) is 14.9 Å². The highest BCUT2D eigenvalue weighted by Gasteiger charge is 2.18. The standard InChI is InChI=1S/C17H18N2O4/c1-3-23-16-7-5-4-6-15(16)18-17(20)12(2)13-8-10-14(11-9-13)19(21)22/h4-12H,3H2,1-2H3,(H,18,20). The van der Waals surface area contributed by atoms with E-state index in [0.717, 1.165) is 0 Å². The van der Waals surface area contributed by atoms with E-state index < -0.39 is 10.8 Å². The van der Waals surface area contributed by atoms with Crippen LogP contribution in [0.15, 0.2) is 48.5 Å². The Morgan fingerprint density at radius 1 is 1.22 bits per heavy atom. The third-order valence-corrected chi connectivity index (χ3v) is 3.44. The van der Waals surface area contributed by atoms with Crippen LogP contribution in [0.4, 0.5) is 11.4 Å². The largest absolute Gasteiger partial charge is 0.492 e. The molecule has 1 N–H and O–H groups in total. The predicted molar refractivity (Wildman–Crippen MR) is 87.8 cm³/mol. The summed E-state index contributed by atoms with van der Waals surface area (Å²) in [6, 6.07) is 13.2. The number of non-ortho nitro benzene ring substituents is 1. The zero-order valence-corrected chi connectivity index (χ0v) is 13.0. The van der Waals surface area contributed by atoms with Gasteiger partial charge in [-0.25, -0.2) is 0 Å². The molecule has 0 aliphatic heterocycles. The number of benzene rings is 2. The lowest BCUT2D eigenvalue weighted by atomic mass is 10.00. The molecule has 0 radical (unpaired) electrons. The van der Waals surface area contributed by atoms with Crippen molar-refractivity contribution in [3.05, 3.63) is 64.2 Å². The van der Waals surface area contributed by atoms with Gasteiger partial charge < -0.3 is 10.1 Å². The second kappa shape index (κ2) is 7.40. The molecule has 0 heterocycles. The van der Waals surface area contributed by atoms with Crippen LogP contribution in [0.1, 0.15) is 25.3 Å². The summed E-state index contributed by atoms with van der Waals surface area (Å²) in [5.74, 6) is -0.0317. The maximum atomic E-state index is 12.4. The van der Waals surface area contributed by atoms with Crippen LogP contribution in [0.5, 0.6) is 5.75 Å². The van der Waals surface area contributed by atoms with Gasteiger partial charge in [0.1, 0.15) is 5.75 Å². The average molecular weight is 314 g/mol. The molecule has 120 valence electrons. The Morgan fingerprint density at radius 2 is 1.87 bits per heavy atom. The van der Waals surface area contributed by atoms with Gasteiger partial charge in [0.15, 0.2) is 0 Å². The van der Waals surface area contributed by atoms with Gasteiger partial charge in [-0.2, -0.15) is 0 Å². The summed E-state index contributed by atoms with van der Waals surface area (Å²) >= 11 is 0. The smallest absolute Gasteiger partial charge is 0.269 e. The number of rotatable bonds is 6. The van der Waals surface area contributed by atoms with E-state index in [4.69, 9.17) is 4.74 Å². The molecule has 23 heavy (non-hydrogen) atoms. The second-order valence-corrected chi connectivity index (χ2v) is 4.99. The van der Waals surface area contributed by atoms with Gasteiger partial charge in [-0.15, -0.1) is 0 Å². The maximum Gasteiger partial charge on any atom is 0.269 e. The van der Waals surface area contributed by atoms with Crippen molar-refractivity contribution >= 4 is 17.3 Å². The molecule has 2 aromatic rings. The van der Waals surface area contributed by atoms with Gasteiger partial charge in [0.2, 0.25) is 5.91 Å². The number of nitrogens with one attached hydrogen (secondary N) is 1. The van der Waals surface area contributed by atoms with Crippen LogP contribution < -0.4 is 10.1 Å². The molecular formula is C17H18N2O4. The lowest BCUT2D eigenvalue weighted by molar-refractivity contribution is -0.384. The molecule has 6 nitrogen and oxygen atoms in total. The van der Waals surface area contributed by atoms with Gasteiger partial charge in [-0.1, -0.05) is 24.3 Å². The maximum absolute atomic E-state index is 12.4. The van der Waals surface area contributed by atoms with E-state index in [1.54, 1.807) is 31.2 Å². The fraction of sp³-hybridized carbons (Fsp3) is 0.235. The van der Waals surface area contributed by atoms with E-state index in [1.165, 1.54) is 12.1 Å². The number of amides is 1. The van der Waals surface area contributed by atoms with Crippen molar-refractivity contribution in [3.8, 4) is 5.75 Å². The monoisotopic (exact) mass is 314 g/mol. The van der Waals surface area contributed by atoms with Crippen LogP contribution in [0.2, 0.25) is 0 Å². The van der Waals surface area contributed by atoms with Crippen LogP contribution >= 0.6 is 0 Å². The SMILES string of the molecule is CCOc1ccccc1NC(=O)C(C)c1ccc([N+](=O)[O-])cc1. The molecule has 1 unspecified atom stereocenters. The molecule has 0 fully saturated rings. The first kappa shape index (κ1) is 16.5. The summed E-state index contributed by atoms with van der Waals surface area (Å²) in [5.41, 5.74) is 1.32. The van der Waals surface area contributed by atoms with E-state index >= 15 is 0 Å². The molecule has 0 bridgehead atoms. The van der Waals surface area contributed by atoms with Crippen LogP contribution in [0.25, 0.3) is 0 Å². The average Bonchev–Trinajstić information content (AvgIpc) is 2.56. The summed E-state index contributed by atoms with van der Waals surface area (Å²) in [6.07, 6.45) is 0. The molecule has 1 amide bonds. The summed E-state index contributed by atoms with van der Waals surface area (Å²) in [7, 11) is 0. The fourth-order valence-corrected chi connectivity index (χ4v) is 2.13. The summed E-state index contributed by atoms with van der Waals surface area (Å²) < 4.78 is 5.48. The Kier molecular flexibility index (Phi) is 5.30. The Hall–Kier alpha value is -2.89. The first-order chi connectivity index (χ1) is 11.0. The molecule has 0 aliphatic carbocycles. The van der Waals surface area contributed by atoms with Crippen LogP contribution in [-0.4, -0.2) is 17.4 Å². The van der Waals surface area contributed by atoms with Crippen molar-refractivity contribution in [3.63, 3.8) is 0 Å². The van der Waals surface area contributed by atoms with Crippen molar-refractivity contribution in [2.75, 3.05) is 11.9 Å². The Morgan fingerprint density at radius 3 is 2.48 bits per heavy atom. The molecule has 0 spiro atoms. The van der Waals surface area contributed by atoms with E-state index in [1.807, 2.05) is 19.1 Å². The zero-order chi connectivity index (χ0) is 16.8. The third-order valence-electron chi connectivity index (χ3n) is 3.44. The Labute approximate surface area is 134 Å². The van der Waals surface area contributed by atoms with E-state index in [0.29, 0.717) is 23.6 Å². The van der Waals surface area contributed by atoms with Crippen molar-refractivity contribution in [2.45, 2.75) is 19.8 Å². The highest BCUT2D eigenvalue weighted by Crippen LogP contribution is 2.26. The number of nitrogens with zero attached hydrogens (tertiary/aromatic N) is 1. The molecule has 0 saturated heterocycles. The van der Waals surface area contributed by atoms with Gasteiger partial charge >= 0.3 is 0 Å². The van der Waals surface area contributed by atoms with Gasteiger partial charge in [-0.05, 0) is 31.5 Å². The topological polar surface area (TPSA) is 81.5 Å². The number of para-hydroxylation sites is 2. The van der Waals surface area contributed by atoms with Crippen LogP contribution in [0.3, 0.4) is 0 Å². The lowest BCUT2D eigenvalue weighted by Gasteiger charge is -2.15. The minimum absolute atomic E-state index is 0.00282. The van der Waals surface area contributed by atoms with Crippen molar-refractivity contribution in [2.24, 2.45) is 0 Å². The molecule has 2 rings (SSSR count). The zero-order valence-electron chi connectivity index (χ0n) is 13.0. The quantitative estimate of drug-likeness (QED) is 0.650. The number of hydrogen-bond acceptors (Lipinski definition) is 4. The van der Waals surface area contributed by atoms with Gasteiger partial charge in [0.05, 0.1) is 23.1 Å². The highest BCUT2D eigenvalue weighted by atomic mass is 16.6. The molecule has 2 aromatic carbocycles. The third kappa shape index (κ3) is 4.06. The normalized spacial score (nSPS) is 11.6. The Bertz CT molecular complexity index is 698. The van der Waals surface area contributed by atoms with Gasteiger partial charge in [0.25, 0.3) is 5.69 Å². The molecule has 6 heteroatoms. The molecule has 0 aliphatic rings. The van der Waals surface area contributed by atoms with Crippen molar-refractivity contribution < 1.29 is 14.5 Å². The second-order valence-electron chi connectivity index (χ2n) is 4.99. The highest BCUT2D eigenvalue weighted by molar-refractivity contribution is 5.96. The lowest BCUT2D eigenvalue weighted by Crippen LogP contribution is -2.19. The van der Waals surface area contributed by atoms with Crippen molar-refractivity contribution in [1.29, 1.82) is 0 Å². The van der Waals surface area contributed by atoms with Crippen molar-refractivity contribution in [1.82, 2.24) is 0 Å². The number of anilines is 1. The number of nitro groups is 1. The van der Waals surface area contributed by atoms with Gasteiger partial charge in [-0.3, -0.25) is 14.9 Å². The minimum atomic E-state index is -0.465. The Balaban J connectivity index is 2.12. The predicted octanol–water partition coefficient (Wildman–Crippen LogP) is 3.74. The minimum Gasteiger partial charge on any atom is -0.492 e. The fourth-order valence-electron chi connectivity index (χ4n) is 2.13. The van der Waals surface area contributed by atoms with E-state index in [-0.39, 0.29) is 11.6 Å². The number of carbonyl (C=O) groups is 1.